The van der Waals surface area contributed by atoms with Crippen molar-refractivity contribution >= 4 is 5.97 Å². The second-order valence-electron chi connectivity index (χ2n) is 5.79. The van der Waals surface area contributed by atoms with Gasteiger partial charge in [0.15, 0.2) is 6.79 Å². The first-order valence-electron chi connectivity index (χ1n) is 8.20. The van der Waals surface area contributed by atoms with E-state index in [1.165, 1.54) is 0 Å². The van der Waals surface area contributed by atoms with Crippen molar-refractivity contribution in [1.82, 2.24) is 0 Å². The fourth-order valence-corrected chi connectivity index (χ4v) is 1.73. The number of rotatable bonds is 6. The summed E-state index contributed by atoms with van der Waals surface area (Å²) in [5.74, 6) is 0.245. The van der Waals surface area contributed by atoms with E-state index in [2.05, 4.69) is 11.3 Å². The predicted octanol–water partition coefficient (Wildman–Crippen LogP) is 5.22. The van der Waals surface area contributed by atoms with Crippen molar-refractivity contribution < 1.29 is 19.0 Å². The van der Waals surface area contributed by atoms with Crippen LogP contribution in [-0.4, -0.2) is 19.9 Å². The molecule has 0 aromatic heterocycles. The monoisotopic (exact) mass is 354 g/mol. The molecule has 2 aromatic rings. The number of methoxy groups -OCH3 is 1. The maximum atomic E-state index is 11.8. The highest BCUT2D eigenvalue weighted by atomic mass is 16.7. The minimum atomic E-state index is -0.325. The van der Waals surface area contributed by atoms with Gasteiger partial charge in [-0.05, 0) is 51.1 Å². The molecule has 0 heterocycles. The van der Waals surface area contributed by atoms with Crippen LogP contribution in [0.15, 0.2) is 73.0 Å². The molecule has 138 valence electrons. The smallest absolute Gasteiger partial charge is 0.343 e. The molecule has 0 spiro atoms. The minimum Gasteiger partial charge on any atom is -0.475 e. The first-order chi connectivity index (χ1) is 12.4. The van der Waals surface area contributed by atoms with E-state index in [9.17, 15) is 4.79 Å². The van der Waals surface area contributed by atoms with Gasteiger partial charge >= 0.3 is 5.97 Å². The lowest BCUT2D eigenvalue weighted by Crippen LogP contribution is -2.08. The molecule has 0 fully saturated rings. The molecule has 0 aliphatic rings. The first kappa shape index (κ1) is 21.2. The normalized spacial score (nSPS) is 10.0. The number of hydrogen-bond acceptors (Lipinski definition) is 4. The molecule has 0 aliphatic carbocycles. The predicted molar refractivity (Wildman–Crippen MR) is 104 cm³/mol. The summed E-state index contributed by atoms with van der Waals surface area (Å²) in [7, 11) is 1.58. The Morgan fingerprint density at radius 1 is 1.00 bits per heavy atom. The van der Waals surface area contributed by atoms with Gasteiger partial charge in [0.1, 0.15) is 5.75 Å². The number of benzene rings is 2. The van der Waals surface area contributed by atoms with E-state index in [1.807, 2.05) is 45.0 Å². The third-order valence-electron chi connectivity index (χ3n) is 3.15. The molecule has 0 bridgehead atoms. The molecule has 2 aromatic carbocycles. The summed E-state index contributed by atoms with van der Waals surface area (Å²) in [6.45, 7) is 9.81. The summed E-state index contributed by atoms with van der Waals surface area (Å²) in [6, 6.07) is 14.7. The molecule has 0 saturated heterocycles. The summed E-state index contributed by atoms with van der Waals surface area (Å²) in [5.41, 5.74) is 3.79. The number of aryl methyl sites for hydroxylation is 2. The van der Waals surface area contributed by atoms with Gasteiger partial charge in [0.25, 0.3) is 0 Å². The molecule has 0 N–H and O–H groups in total. The summed E-state index contributed by atoms with van der Waals surface area (Å²) >= 11 is 0. The SMILES string of the molecule is C=C(C)C=COCOC.Cc1ccc(OC(=O)c2ccc(C)cc2)cc1. The van der Waals surface area contributed by atoms with Crippen LogP contribution in [0.4, 0.5) is 0 Å². The molecule has 0 unspecified atom stereocenters. The topological polar surface area (TPSA) is 44.8 Å². The van der Waals surface area contributed by atoms with Crippen molar-refractivity contribution in [2.45, 2.75) is 20.8 Å². The lowest BCUT2D eigenvalue weighted by atomic mass is 10.1. The average Bonchev–Trinajstić information content (AvgIpc) is 2.62. The quantitative estimate of drug-likeness (QED) is 0.178. The van der Waals surface area contributed by atoms with Gasteiger partial charge in [0.05, 0.1) is 11.8 Å². The standard InChI is InChI=1S/C15H14O2.C7H12O2/c1-11-3-7-13(8-4-11)15(16)17-14-9-5-12(2)6-10-14;1-7(2)4-5-9-6-8-3/h3-10H,1-2H3;4-5H,1,6H2,2-3H3. The number of hydrogen-bond donors (Lipinski definition) is 0. The molecular weight excluding hydrogens is 328 g/mol. The molecule has 2 rings (SSSR count). The van der Waals surface area contributed by atoms with Crippen LogP contribution in [0.3, 0.4) is 0 Å². The van der Waals surface area contributed by atoms with E-state index < -0.39 is 0 Å². The van der Waals surface area contributed by atoms with E-state index in [4.69, 9.17) is 9.47 Å². The van der Waals surface area contributed by atoms with Gasteiger partial charge in [-0.3, -0.25) is 0 Å². The van der Waals surface area contributed by atoms with Gasteiger partial charge in [-0.25, -0.2) is 4.79 Å². The zero-order valence-corrected chi connectivity index (χ0v) is 15.8. The van der Waals surface area contributed by atoms with Gasteiger partial charge < -0.3 is 14.2 Å². The molecule has 4 heteroatoms. The van der Waals surface area contributed by atoms with E-state index in [0.717, 1.165) is 16.7 Å². The maximum absolute atomic E-state index is 11.8. The molecule has 0 radical (unpaired) electrons. The summed E-state index contributed by atoms with van der Waals surface area (Å²) in [4.78, 5) is 11.8. The Bertz CT molecular complexity index is 713. The fraction of sp³-hybridized carbons (Fsp3) is 0.227. The Labute approximate surface area is 155 Å². The van der Waals surface area contributed by atoms with Crippen LogP contribution in [0.1, 0.15) is 28.4 Å². The Balaban J connectivity index is 0.000000321. The third-order valence-corrected chi connectivity index (χ3v) is 3.15. The Morgan fingerprint density at radius 2 is 1.54 bits per heavy atom. The summed E-state index contributed by atoms with van der Waals surface area (Å²) in [6.07, 6.45) is 3.34. The molecule has 0 saturated carbocycles. The number of ether oxygens (including phenoxy) is 3. The van der Waals surface area contributed by atoms with E-state index in [0.29, 0.717) is 18.1 Å². The lowest BCUT2D eigenvalue weighted by Gasteiger charge is -2.04. The number of esters is 1. The Hall–Kier alpha value is -2.85. The molecular formula is C22H26O4. The van der Waals surface area contributed by atoms with Crippen LogP contribution in [-0.2, 0) is 9.47 Å². The summed E-state index contributed by atoms with van der Waals surface area (Å²) in [5, 5.41) is 0. The second kappa shape index (κ2) is 11.7. The van der Waals surface area contributed by atoms with Crippen molar-refractivity contribution in [3.63, 3.8) is 0 Å². The third kappa shape index (κ3) is 8.85. The molecule has 0 atom stereocenters. The Morgan fingerprint density at radius 3 is 2.04 bits per heavy atom. The van der Waals surface area contributed by atoms with Gasteiger partial charge in [-0.2, -0.15) is 0 Å². The second-order valence-corrected chi connectivity index (χ2v) is 5.79. The van der Waals surface area contributed by atoms with E-state index in [1.54, 1.807) is 43.7 Å². The van der Waals surface area contributed by atoms with Crippen LogP contribution in [0, 0.1) is 13.8 Å². The number of carbonyl (C=O) groups excluding carboxylic acids is 1. The molecule has 0 aliphatic heterocycles. The van der Waals surface area contributed by atoms with Crippen LogP contribution < -0.4 is 4.74 Å². The van der Waals surface area contributed by atoms with Crippen molar-refractivity contribution in [3.05, 3.63) is 89.7 Å². The van der Waals surface area contributed by atoms with Crippen LogP contribution in [0.5, 0.6) is 5.75 Å². The van der Waals surface area contributed by atoms with Crippen LogP contribution in [0.25, 0.3) is 0 Å². The maximum Gasteiger partial charge on any atom is 0.343 e. The zero-order chi connectivity index (χ0) is 19.4. The van der Waals surface area contributed by atoms with Crippen molar-refractivity contribution in [2.24, 2.45) is 0 Å². The van der Waals surface area contributed by atoms with Gasteiger partial charge in [0, 0.05) is 7.11 Å². The van der Waals surface area contributed by atoms with Crippen LogP contribution >= 0.6 is 0 Å². The lowest BCUT2D eigenvalue weighted by molar-refractivity contribution is 0.0199. The van der Waals surface area contributed by atoms with Crippen molar-refractivity contribution in [2.75, 3.05) is 13.9 Å². The van der Waals surface area contributed by atoms with Crippen molar-refractivity contribution in [3.8, 4) is 5.75 Å². The fourth-order valence-electron chi connectivity index (χ4n) is 1.73. The minimum absolute atomic E-state index is 0.295. The summed E-state index contributed by atoms with van der Waals surface area (Å²) < 4.78 is 14.7. The molecule has 0 amide bonds. The molecule has 26 heavy (non-hydrogen) atoms. The van der Waals surface area contributed by atoms with Gasteiger partial charge in [-0.15, -0.1) is 0 Å². The van der Waals surface area contributed by atoms with Gasteiger partial charge in [0.2, 0.25) is 0 Å². The first-order valence-corrected chi connectivity index (χ1v) is 8.20. The molecule has 4 nitrogen and oxygen atoms in total. The van der Waals surface area contributed by atoms with E-state index in [-0.39, 0.29) is 5.97 Å². The number of allylic oxidation sites excluding steroid dienone is 2. The van der Waals surface area contributed by atoms with E-state index >= 15 is 0 Å². The largest absolute Gasteiger partial charge is 0.475 e. The van der Waals surface area contributed by atoms with Crippen LogP contribution in [0.2, 0.25) is 0 Å². The Kier molecular flexibility index (Phi) is 9.50. The average molecular weight is 354 g/mol. The highest BCUT2D eigenvalue weighted by Crippen LogP contribution is 2.14. The highest BCUT2D eigenvalue weighted by molar-refractivity contribution is 5.91. The number of carbonyl (C=O) groups is 1. The highest BCUT2D eigenvalue weighted by Gasteiger charge is 2.07. The van der Waals surface area contributed by atoms with Gasteiger partial charge in [-0.1, -0.05) is 47.5 Å². The zero-order valence-electron chi connectivity index (χ0n) is 15.8. The van der Waals surface area contributed by atoms with Crippen molar-refractivity contribution in [1.29, 1.82) is 0 Å².